The van der Waals surface area contributed by atoms with Crippen molar-refractivity contribution in [3.63, 3.8) is 0 Å². The highest BCUT2D eigenvalue weighted by Crippen LogP contribution is 2.34. The van der Waals surface area contributed by atoms with Gasteiger partial charge in [-0.05, 0) is 58.7 Å². The third-order valence-corrected chi connectivity index (χ3v) is 7.18. The summed E-state index contributed by atoms with van der Waals surface area (Å²) in [5, 5.41) is 6.87. The lowest BCUT2D eigenvalue weighted by molar-refractivity contribution is 0.0475. The molecular weight excluding hydrogens is 442 g/mol. The number of hydrogen-bond acceptors (Lipinski definition) is 7. The summed E-state index contributed by atoms with van der Waals surface area (Å²) in [7, 11) is -3.80. The average Bonchev–Trinajstić information content (AvgIpc) is 3.12. The normalized spacial score (nSPS) is 18.5. The van der Waals surface area contributed by atoms with Crippen LogP contribution >= 0.6 is 0 Å². The Morgan fingerprint density at radius 3 is 2.45 bits per heavy atom. The average molecular weight is 472 g/mol. The van der Waals surface area contributed by atoms with E-state index in [4.69, 9.17) is 10.5 Å². The van der Waals surface area contributed by atoms with Crippen LogP contribution in [-0.4, -0.2) is 41.2 Å². The highest BCUT2D eigenvalue weighted by atomic mass is 32.2. The lowest BCUT2D eigenvalue weighted by Gasteiger charge is -2.37. The molecule has 1 amide bonds. The van der Waals surface area contributed by atoms with Gasteiger partial charge in [-0.1, -0.05) is 17.7 Å². The number of nitrogen functional groups attached to an aromatic ring is 1. The number of nitrogens with one attached hydrogen (secondary N) is 2. The Morgan fingerprint density at radius 1 is 1.15 bits per heavy atom. The lowest BCUT2D eigenvalue weighted by Crippen LogP contribution is -2.50. The standard InChI is InChI=1S/C23H29N5O4S/c1-14-5-7-17(8-6-14)33(30,31)28-10-9-18-20(19(24)13-25-21(18)28)26-15-11-16(12-15)27-22(29)32-23(2,3)4/h5-10,13,15-16H,11-12,24H2,1-4H3,(H,25,26)(H,27,29). The van der Waals surface area contributed by atoms with Crippen LogP contribution in [0.15, 0.2) is 47.6 Å². The van der Waals surface area contributed by atoms with Gasteiger partial charge >= 0.3 is 6.09 Å². The molecule has 0 radical (unpaired) electrons. The number of alkyl carbamates (subject to hydrolysis) is 1. The van der Waals surface area contributed by atoms with Crippen LogP contribution in [0.1, 0.15) is 39.2 Å². The van der Waals surface area contributed by atoms with Crippen LogP contribution in [-0.2, 0) is 14.8 Å². The number of nitrogens with two attached hydrogens (primary N) is 1. The summed E-state index contributed by atoms with van der Waals surface area (Å²) in [5.41, 5.74) is 7.97. The van der Waals surface area contributed by atoms with E-state index in [9.17, 15) is 13.2 Å². The lowest BCUT2D eigenvalue weighted by atomic mass is 9.86. The maximum absolute atomic E-state index is 13.2. The maximum atomic E-state index is 13.2. The number of carbonyl (C=O) groups excluding carboxylic acids is 1. The fourth-order valence-electron chi connectivity index (χ4n) is 3.79. The van der Waals surface area contributed by atoms with Crippen molar-refractivity contribution in [2.24, 2.45) is 0 Å². The smallest absolute Gasteiger partial charge is 0.407 e. The Hall–Kier alpha value is -3.27. The summed E-state index contributed by atoms with van der Waals surface area (Å²) in [6.07, 6.45) is 3.91. The summed E-state index contributed by atoms with van der Waals surface area (Å²) in [6, 6.07) is 8.46. The number of benzene rings is 1. The van der Waals surface area contributed by atoms with E-state index in [2.05, 4.69) is 15.6 Å². The molecule has 0 atom stereocenters. The molecule has 9 nitrogen and oxygen atoms in total. The summed E-state index contributed by atoms with van der Waals surface area (Å²) in [4.78, 5) is 16.4. The molecule has 4 rings (SSSR count). The molecule has 0 unspecified atom stereocenters. The minimum absolute atomic E-state index is 0.00224. The van der Waals surface area contributed by atoms with E-state index in [-0.39, 0.29) is 17.0 Å². The number of fused-ring (bicyclic) bond motifs is 1. The van der Waals surface area contributed by atoms with Crippen LogP contribution in [0.5, 0.6) is 0 Å². The largest absolute Gasteiger partial charge is 0.444 e. The molecule has 2 heterocycles. The number of aromatic nitrogens is 2. The van der Waals surface area contributed by atoms with Gasteiger partial charge in [-0.15, -0.1) is 0 Å². The van der Waals surface area contributed by atoms with Crippen LogP contribution in [0.25, 0.3) is 11.0 Å². The molecule has 1 fully saturated rings. The van der Waals surface area contributed by atoms with Crippen LogP contribution in [0, 0.1) is 6.92 Å². The Morgan fingerprint density at radius 2 is 1.82 bits per heavy atom. The zero-order valence-electron chi connectivity index (χ0n) is 19.1. The van der Waals surface area contributed by atoms with Gasteiger partial charge in [0.1, 0.15) is 5.60 Å². The van der Waals surface area contributed by atoms with Gasteiger partial charge in [0.2, 0.25) is 0 Å². The second kappa shape index (κ2) is 8.26. The highest BCUT2D eigenvalue weighted by Gasteiger charge is 2.32. The van der Waals surface area contributed by atoms with Crippen molar-refractivity contribution >= 4 is 38.5 Å². The maximum Gasteiger partial charge on any atom is 0.407 e. The van der Waals surface area contributed by atoms with E-state index in [0.29, 0.717) is 35.2 Å². The second-order valence-corrected chi connectivity index (χ2v) is 11.2. The number of pyridine rings is 1. The van der Waals surface area contributed by atoms with Gasteiger partial charge in [-0.3, -0.25) is 0 Å². The minimum Gasteiger partial charge on any atom is -0.444 e. The zero-order valence-corrected chi connectivity index (χ0v) is 19.9. The third-order valence-electron chi connectivity index (χ3n) is 5.50. The first-order valence-electron chi connectivity index (χ1n) is 10.8. The Labute approximate surface area is 193 Å². The molecule has 0 spiro atoms. The van der Waals surface area contributed by atoms with Crippen molar-refractivity contribution in [2.75, 3.05) is 11.1 Å². The van der Waals surface area contributed by atoms with E-state index >= 15 is 0 Å². The SMILES string of the molecule is Cc1ccc(S(=O)(=O)n2ccc3c(NC4CC(NC(=O)OC(C)(C)C)C4)c(N)cnc32)cc1. The van der Waals surface area contributed by atoms with Gasteiger partial charge in [0.25, 0.3) is 10.0 Å². The Balaban J connectivity index is 1.51. The molecule has 1 aromatic carbocycles. The predicted molar refractivity (Wildman–Crippen MR) is 128 cm³/mol. The van der Waals surface area contributed by atoms with Gasteiger partial charge in [0, 0.05) is 23.7 Å². The Bertz CT molecular complexity index is 1290. The number of anilines is 2. The van der Waals surface area contributed by atoms with Crippen molar-refractivity contribution < 1.29 is 17.9 Å². The first-order valence-corrected chi connectivity index (χ1v) is 12.2. The van der Waals surface area contributed by atoms with E-state index in [0.717, 1.165) is 5.56 Å². The number of rotatable bonds is 5. The van der Waals surface area contributed by atoms with Crippen LogP contribution in [0.2, 0.25) is 0 Å². The molecule has 3 aromatic rings. The fourth-order valence-corrected chi connectivity index (χ4v) is 5.09. The van der Waals surface area contributed by atoms with Crippen molar-refractivity contribution in [1.29, 1.82) is 0 Å². The monoisotopic (exact) mass is 471 g/mol. The van der Waals surface area contributed by atoms with Crippen LogP contribution in [0.4, 0.5) is 16.2 Å². The molecule has 0 bridgehead atoms. The van der Waals surface area contributed by atoms with Crippen molar-refractivity contribution in [1.82, 2.24) is 14.3 Å². The molecule has 0 aliphatic heterocycles. The molecule has 1 aliphatic carbocycles. The number of amides is 1. The Kier molecular flexibility index (Phi) is 5.73. The van der Waals surface area contributed by atoms with Crippen LogP contribution in [0.3, 0.4) is 0 Å². The zero-order chi connectivity index (χ0) is 24.0. The second-order valence-electron chi connectivity index (χ2n) is 9.41. The van der Waals surface area contributed by atoms with Crippen LogP contribution < -0.4 is 16.4 Å². The van der Waals surface area contributed by atoms with Gasteiger partial charge in [0.15, 0.2) is 5.65 Å². The van der Waals surface area contributed by atoms with Gasteiger partial charge in [-0.25, -0.2) is 22.2 Å². The summed E-state index contributed by atoms with van der Waals surface area (Å²) < 4.78 is 32.8. The molecule has 1 saturated carbocycles. The molecule has 1 aliphatic rings. The number of hydrogen-bond donors (Lipinski definition) is 3. The molecule has 33 heavy (non-hydrogen) atoms. The summed E-state index contributed by atoms with van der Waals surface area (Å²) >= 11 is 0. The van der Waals surface area contributed by atoms with Crippen molar-refractivity contribution in [2.45, 2.75) is 63.1 Å². The number of aryl methyl sites for hydroxylation is 1. The fraction of sp³-hybridized carbons (Fsp3) is 0.391. The van der Waals surface area contributed by atoms with E-state index in [1.54, 1.807) is 30.3 Å². The number of carbonyl (C=O) groups is 1. The predicted octanol–water partition coefficient (Wildman–Crippen LogP) is 3.63. The first kappa shape index (κ1) is 22.9. The van der Waals surface area contributed by atoms with Gasteiger partial charge < -0.3 is 21.1 Å². The molecule has 2 aromatic heterocycles. The first-order chi connectivity index (χ1) is 15.4. The van der Waals surface area contributed by atoms with Gasteiger partial charge in [-0.2, -0.15) is 0 Å². The molecular formula is C23H29N5O4S. The van der Waals surface area contributed by atoms with Crippen molar-refractivity contribution in [3.8, 4) is 0 Å². The molecule has 0 saturated heterocycles. The van der Waals surface area contributed by atoms with E-state index in [1.165, 1.54) is 16.4 Å². The topological polar surface area (TPSA) is 128 Å². The highest BCUT2D eigenvalue weighted by molar-refractivity contribution is 7.90. The summed E-state index contributed by atoms with van der Waals surface area (Å²) in [6.45, 7) is 7.36. The summed E-state index contributed by atoms with van der Waals surface area (Å²) in [5.74, 6) is 0. The van der Waals surface area contributed by atoms with Crippen molar-refractivity contribution in [3.05, 3.63) is 48.3 Å². The number of nitrogens with zero attached hydrogens (tertiary/aromatic N) is 2. The molecule has 176 valence electrons. The minimum atomic E-state index is -3.80. The van der Waals surface area contributed by atoms with Gasteiger partial charge in [0.05, 0.1) is 22.5 Å². The third kappa shape index (κ3) is 4.75. The molecule has 4 N–H and O–H groups in total. The van der Waals surface area contributed by atoms with E-state index in [1.807, 2.05) is 27.7 Å². The number of ether oxygens (including phenoxy) is 1. The molecule has 10 heteroatoms. The van der Waals surface area contributed by atoms with E-state index < -0.39 is 21.7 Å². The quantitative estimate of drug-likeness (QED) is 0.518.